The number of benzene rings is 2. The van der Waals surface area contributed by atoms with Crippen molar-refractivity contribution in [3.8, 4) is 5.75 Å². The monoisotopic (exact) mass is 383 g/mol. The molecule has 0 aliphatic heterocycles. The standard InChI is InChI=1S/C21H25N3O4/c1-3-12-24(21(27)16-8-7-11-18(13-16)28-2)15-20(26)22-14-19(25)23-17-9-5-4-6-10-17/h4-11,13H,3,12,14-15H2,1-2H3,(H,22,26)(H,23,25). The van der Waals surface area contributed by atoms with E-state index in [2.05, 4.69) is 10.6 Å². The van der Waals surface area contributed by atoms with Gasteiger partial charge < -0.3 is 20.3 Å². The number of carbonyl (C=O) groups is 3. The van der Waals surface area contributed by atoms with Crippen molar-refractivity contribution in [1.29, 1.82) is 0 Å². The van der Waals surface area contributed by atoms with Gasteiger partial charge in [0.05, 0.1) is 20.2 Å². The molecule has 0 saturated carbocycles. The van der Waals surface area contributed by atoms with Crippen molar-refractivity contribution >= 4 is 23.4 Å². The van der Waals surface area contributed by atoms with E-state index in [1.54, 1.807) is 48.5 Å². The van der Waals surface area contributed by atoms with Crippen LogP contribution >= 0.6 is 0 Å². The summed E-state index contributed by atoms with van der Waals surface area (Å²) < 4.78 is 5.15. The molecule has 0 aliphatic rings. The molecule has 0 radical (unpaired) electrons. The lowest BCUT2D eigenvalue weighted by Crippen LogP contribution is -2.43. The number of amides is 3. The van der Waals surface area contributed by atoms with Gasteiger partial charge in [-0.2, -0.15) is 0 Å². The van der Waals surface area contributed by atoms with Crippen molar-refractivity contribution in [3.05, 3.63) is 60.2 Å². The number of hydrogen-bond acceptors (Lipinski definition) is 4. The molecule has 0 fully saturated rings. The first-order valence-corrected chi connectivity index (χ1v) is 9.08. The van der Waals surface area contributed by atoms with Gasteiger partial charge in [-0.3, -0.25) is 14.4 Å². The molecule has 0 saturated heterocycles. The largest absolute Gasteiger partial charge is 0.497 e. The summed E-state index contributed by atoms with van der Waals surface area (Å²) in [4.78, 5) is 38.4. The number of carbonyl (C=O) groups excluding carboxylic acids is 3. The molecule has 0 bridgehead atoms. The Hall–Kier alpha value is -3.35. The van der Waals surface area contributed by atoms with E-state index in [0.29, 0.717) is 30.0 Å². The Bertz CT molecular complexity index is 808. The van der Waals surface area contributed by atoms with Crippen LogP contribution in [0.1, 0.15) is 23.7 Å². The lowest BCUT2D eigenvalue weighted by molar-refractivity contribution is -0.124. The van der Waals surface area contributed by atoms with Crippen LogP contribution in [0.4, 0.5) is 5.69 Å². The maximum Gasteiger partial charge on any atom is 0.254 e. The van der Waals surface area contributed by atoms with Gasteiger partial charge in [0, 0.05) is 17.8 Å². The minimum absolute atomic E-state index is 0.123. The van der Waals surface area contributed by atoms with Crippen LogP contribution in [-0.4, -0.2) is 49.4 Å². The van der Waals surface area contributed by atoms with Gasteiger partial charge >= 0.3 is 0 Å². The zero-order valence-corrected chi connectivity index (χ0v) is 16.1. The molecule has 2 aromatic carbocycles. The first-order valence-electron chi connectivity index (χ1n) is 9.08. The number of methoxy groups -OCH3 is 1. The van der Waals surface area contributed by atoms with Gasteiger partial charge in [-0.25, -0.2) is 0 Å². The Labute approximate surface area is 164 Å². The van der Waals surface area contributed by atoms with Crippen LogP contribution in [0.5, 0.6) is 5.75 Å². The first-order chi connectivity index (χ1) is 13.5. The predicted octanol–water partition coefficient (Wildman–Crippen LogP) is 2.30. The summed E-state index contributed by atoms with van der Waals surface area (Å²) in [6, 6.07) is 15.8. The maximum absolute atomic E-state index is 12.7. The van der Waals surface area contributed by atoms with Crippen molar-refractivity contribution in [2.24, 2.45) is 0 Å². The number of nitrogens with zero attached hydrogens (tertiary/aromatic N) is 1. The third-order valence-electron chi connectivity index (χ3n) is 3.94. The van der Waals surface area contributed by atoms with E-state index in [0.717, 1.165) is 0 Å². The molecule has 0 aliphatic carbocycles. The fraction of sp³-hybridized carbons (Fsp3) is 0.286. The predicted molar refractivity (Wildman–Crippen MR) is 107 cm³/mol. The Morgan fingerprint density at radius 3 is 2.43 bits per heavy atom. The van der Waals surface area contributed by atoms with Gasteiger partial charge in [0.1, 0.15) is 5.75 Å². The Kier molecular flexibility index (Phi) is 8.02. The fourth-order valence-electron chi connectivity index (χ4n) is 2.60. The van der Waals surface area contributed by atoms with E-state index in [4.69, 9.17) is 4.74 Å². The summed E-state index contributed by atoms with van der Waals surface area (Å²) in [5.41, 5.74) is 1.10. The van der Waals surface area contributed by atoms with Crippen LogP contribution in [-0.2, 0) is 9.59 Å². The SMILES string of the molecule is CCCN(CC(=O)NCC(=O)Nc1ccccc1)C(=O)c1cccc(OC)c1. The third-order valence-corrected chi connectivity index (χ3v) is 3.94. The van der Waals surface area contributed by atoms with E-state index >= 15 is 0 Å². The molecule has 2 rings (SSSR count). The second-order valence-corrected chi connectivity index (χ2v) is 6.15. The van der Waals surface area contributed by atoms with Crippen molar-refractivity contribution in [2.75, 3.05) is 32.1 Å². The van der Waals surface area contributed by atoms with Gasteiger partial charge in [0.2, 0.25) is 11.8 Å². The molecule has 0 aromatic heterocycles. The van der Waals surface area contributed by atoms with Crippen LogP contribution < -0.4 is 15.4 Å². The fourth-order valence-corrected chi connectivity index (χ4v) is 2.60. The zero-order chi connectivity index (χ0) is 20.4. The summed E-state index contributed by atoms with van der Waals surface area (Å²) >= 11 is 0. The van der Waals surface area contributed by atoms with Gasteiger partial charge in [0.15, 0.2) is 0 Å². The smallest absolute Gasteiger partial charge is 0.254 e. The lowest BCUT2D eigenvalue weighted by atomic mass is 10.2. The summed E-state index contributed by atoms with van der Waals surface area (Å²) in [5, 5.41) is 5.24. The Balaban J connectivity index is 1.90. The summed E-state index contributed by atoms with van der Waals surface area (Å²) in [6.45, 7) is 2.07. The highest BCUT2D eigenvalue weighted by molar-refractivity contribution is 5.98. The van der Waals surface area contributed by atoms with Crippen molar-refractivity contribution in [3.63, 3.8) is 0 Å². The molecule has 7 heteroatoms. The third kappa shape index (κ3) is 6.42. The van der Waals surface area contributed by atoms with E-state index in [1.807, 2.05) is 13.0 Å². The van der Waals surface area contributed by atoms with Gasteiger partial charge in [-0.1, -0.05) is 31.2 Å². The summed E-state index contributed by atoms with van der Waals surface area (Å²) in [5.74, 6) is -0.414. The van der Waals surface area contributed by atoms with E-state index in [1.165, 1.54) is 12.0 Å². The van der Waals surface area contributed by atoms with Crippen LogP contribution in [0, 0.1) is 0 Å². The molecule has 28 heavy (non-hydrogen) atoms. The average Bonchev–Trinajstić information content (AvgIpc) is 2.72. The normalized spacial score (nSPS) is 10.1. The molecule has 3 amide bonds. The highest BCUT2D eigenvalue weighted by Gasteiger charge is 2.19. The average molecular weight is 383 g/mol. The molecule has 2 aromatic rings. The molecule has 0 unspecified atom stereocenters. The molecular weight excluding hydrogens is 358 g/mol. The maximum atomic E-state index is 12.7. The van der Waals surface area contributed by atoms with Crippen LogP contribution in [0.2, 0.25) is 0 Å². The zero-order valence-electron chi connectivity index (χ0n) is 16.1. The first kappa shape index (κ1) is 21.0. The quantitative estimate of drug-likeness (QED) is 0.696. The van der Waals surface area contributed by atoms with Gasteiger partial charge in [-0.05, 0) is 36.8 Å². The summed E-state index contributed by atoms with van der Waals surface area (Å²) in [7, 11) is 1.53. The number of ether oxygens (including phenoxy) is 1. The Morgan fingerprint density at radius 2 is 1.75 bits per heavy atom. The molecule has 7 nitrogen and oxygen atoms in total. The number of nitrogens with one attached hydrogen (secondary N) is 2. The number of para-hydroxylation sites is 1. The number of rotatable bonds is 9. The minimum atomic E-state index is -0.395. The van der Waals surface area contributed by atoms with Crippen LogP contribution in [0.25, 0.3) is 0 Å². The molecule has 0 atom stereocenters. The molecule has 148 valence electrons. The van der Waals surface area contributed by atoms with E-state index < -0.39 is 5.91 Å². The van der Waals surface area contributed by atoms with Gasteiger partial charge in [-0.15, -0.1) is 0 Å². The number of anilines is 1. The van der Waals surface area contributed by atoms with Crippen molar-refractivity contribution in [2.45, 2.75) is 13.3 Å². The van der Waals surface area contributed by atoms with Crippen molar-refractivity contribution in [1.82, 2.24) is 10.2 Å². The van der Waals surface area contributed by atoms with E-state index in [9.17, 15) is 14.4 Å². The van der Waals surface area contributed by atoms with E-state index in [-0.39, 0.29) is 24.9 Å². The second-order valence-electron chi connectivity index (χ2n) is 6.15. The number of hydrogen-bond donors (Lipinski definition) is 2. The molecule has 0 spiro atoms. The molecule has 0 heterocycles. The van der Waals surface area contributed by atoms with Gasteiger partial charge in [0.25, 0.3) is 5.91 Å². The molecule has 2 N–H and O–H groups in total. The second kappa shape index (κ2) is 10.7. The topological polar surface area (TPSA) is 87.7 Å². The van der Waals surface area contributed by atoms with Crippen molar-refractivity contribution < 1.29 is 19.1 Å². The lowest BCUT2D eigenvalue weighted by Gasteiger charge is -2.22. The highest BCUT2D eigenvalue weighted by atomic mass is 16.5. The van der Waals surface area contributed by atoms with Crippen LogP contribution in [0.15, 0.2) is 54.6 Å². The molecular formula is C21H25N3O4. The minimum Gasteiger partial charge on any atom is -0.497 e. The Morgan fingerprint density at radius 1 is 1.00 bits per heavy atom. The summed E-state index contributed by atoms with van der Waals surface area (Å²) in [6.07, 6.45) is 0.706. The van der Waals surface area contributed by atoms with Crippen LogP contribution in [0.3, 0.4) is 0 Å². The highest BCUT2D eigenvalue weighted by Crippen LogP contribution is 2.14.